The van der Waals surface area contributed by atoms with Crippen LogP contribution in [-0.2, 0) is 16.1 Å². The lowest BCUT2D eigenvalue weighted by Crippen LogP contribution is -2.53. The molecule has 8 nitrogen and oxygen atoms in total. The fourth-order valence-electron chi connectivity index (χ4n) is 5.12. The predicted molar refractivity (Wildman–Crippen MR) is 130 cm³/mol. The Morgan fingerprint density at radius 1 is 1.19 bits per heavy atom. The highest BCUT2D eigenvalue weighted by Gasteiger charge is 2.46. The number of nitrogens with zero attached hydrogens (tertiary/aromatic N) is 4. The van der Waals surface area contributed by atoms with Gasteiger partial charge in [0.2, 0.25) is 11.9 Å². The minimum atomic E-state index is -4.49. The van der Waals surface area contributed by atoms with Crippen molar-refractivity contribution in [2.45, 2.75) is 56.9 Å². The van der Waals surface area contributed by atoms with Crippen molar-refractivity contribution in [3.8, 4) is 11.3 Å². The number of fused-ring (bicyclic) bond motifs is 1. The summed E-state index contributed by atoms with van der Waals surface area (Å²) in [6.45, 7) is 1.12. The van der Waals surface area contributed by atoms with Crippen LogP contribution >= 0.6 is 11.6 Å². The number of likely N-dealkylation sites (tertiary alicyclic amines) is 1. The summed E-state index contributed by atoms with van der Waals surface area (Å²) < 4.78 is 45.7. The van der Waals surface area contributed by atoms with E-state index in [-0.39, 0.29) is 25.6 Å². The zero-order valence-electron chi connectivity index (χ0n) is 20.1. The van der Waals surface area contributed by atoms with E-state index in [0.29, 0.717) is 59.4 Å². The Morgan fingerprint density at radius 2 is 1.97 bits per heavy atom. The standard InChI is InChI=1S/C25H27ClF3N5O3/c26-19-12-30-24(31-17-6-9-37-10-7-17)32-22(19)15-4-5-16-13-33(23(36)18(16)11-15)14-21(35)34-8-2-1-3-20(34)25(27,28)29/h4-5,11-12,17,20H,1-3,6-10,13-14H2,(H,30,31,32)/t20-/m0/s1. The molecule has 2 aromatic rings. The summed E-state index contributed by atoms with van der Waals surface area (Å²) in [5.41, 5.74) is 2.14. The fourth-order valence-corrected chi connectivity index (χ4v) is 5.32. The minimum absolute atomic E-state index is 0.0403. The molecule has 1 atom stereocenters. The summed E-state index contributed by atoms with van der Waals surface area (Å²) in [5, 5.41) is 3.61. The highest BCUT2D eigenvalue weighted by molar-refractivity contribution is 6.33. The van der Waals surface area contributed by atoms with Crippen LogP contribution in [-0.4, -0.2) is 76.1 Å². The molecule has 3 aliphatic rings. The Labute approximate surface area is 217 Å². The van der Waals surface area contributed by atoms with Crippen LogP contribution in [0, 0.1) is 0 Å². The second-order valence-electron chi connectivity index (χ2n) is 9.59. The van der Waals surface area contributed by atoms with Gasteiger partial charge < -0.3 is 19.9 Å². The van der Waals surface area contributed by atoms with E-state index in [9.17, 15) is 22.8 Å². The van der Waals surface area contributed by atoms with Gasteiger partial charge in [-0.05, 0) is 43.7 Å². The van der Waals surface area contributed by atoms with Crippen LogP contribution in [0.1, 0.15) is 48.0 Å². The average Bonchev–Trinajstić information content (AvgIpc) is 3.19. The van der Waals surface area contributed by atoms with Gasteiger partial charge in [-0.25, -0.2) is 9.97 Å². The number of hydrogen-bond donors (Lipinski definition) is 1. The van der Waals surface area contributed by atoms with E-state index < -0.39 is 30.6 Å². The molecule has 0 bridgehead atoms. The third kappa shape index (κ3) is 5.52. The van der Waals surface area contributed by atoms with E-state index in [1.165, 1.54) is 11.1 Å². The second kappa shape index (κ2) is 10.4. The maximum atomic E-state index is 13.4. The van der Waals surface area contributed by atoms with E-state index in [1.54, 1.807) is 18.2 Å². The lowest BCUT2D eigenvalue weighted by molar-refractivity contribution is -0.196. The summed E-state index contributed by atoms with van der Waals surface area (Å²) in [7, 11) is 0. The van der Waals surface area contributed by atoms with Crippen molar-refractivity contribution in [2.24, 2.45) is 0 Å². The van der Waals surface area contributed by atoms with Gasteiger partial charge in [0, 0.05) is 43.5 Å². The van der Waals surface area contributed by atoms with E-state index >= 15 is 0 Å². The van der Waals surface area contributed by atoms with E-state index in [1.807, 2.05) is 0 Å². The molecular weight excluding hydrogens is 511 g/mol. The Hall–Kier alpha value is -2.92. The maximum absolute atomic E-state index is 13.4. The van der Waals surface area contributed by atoms with Gasteiger partial charge in [0.25, 0.3) is 5.91 Å². The third-order valence-corrected chi connectivity index (χ3v) is 7.36. The molecule has 198 valence electrons. The highest BCUT2D eigenvalue weighted by Crippen LogP contribution is 2.34. The average molecular weight is 538 g/mol. The molecule has 1 N–H and O–H groups in total. The molecule has 3 aliphatic heterocycles. The molecule has 2 amide bonds. The molecule has 2 saturated heterocycles. The van der Waals surface area contributed by atoms with Gasteiger partial charge in [-0.2, -0.15) is 13.2 Å². The number of ether oxygens (including phenoxy) is 1. The van der Waals surface area contributed by atoms with Crippen molar-refractivity contribution in [1.82, 2.24) is 19.8 Å². The number of benzene rings is 1. The number of anilines is 1. The molecule has 12 heteroatoms. The van der Waals surface area contributed by atoms with E-state index in [2.05, 4.69) is 15.3 Å². The zero-order valence-corrected chi connectivity index (χ0v) is 20.8. The number of piperidine rings is 1. The van der Waals surface area contributed by atoms with Crippen molar-refractivity contribution in [2.75, 3.05) is 31.6 Å². The van der Waals surface area contributed by atoms with Crippen LogP contribution in [0.5, 0.6) is 0 Å². The van der Waals surface area contributed by atoms with Gasteiger partial charge in [0.05, 0.1) is 16.9 Å². The van der Waals surface area contributed by atoms with Crippen molar-refractivity contribution < 1.29 is 27.5 Å². The highest BCUT2D eigenvalue weighted by atomic mass is 35.5. The molecule has 0 unspecified atom stereocenters. The first-order valence-electron chi connectivity index (χ1n) is 12.4. The molecular formula is C25H27ClF3N5O3. The van der Waals surface area contributed by atoms with Crippen molar-refractivity contribution in [3.63, 3.8) is 0 Å². The summed E-state index contributed by atoms with van der Waals surface area (Å²) >= 11 is 6.38. The summed E-state index contributed by atoms with van der Waals surface area (Å²) in [6.07, 6.45) is -0.490. The first-order chi connectivity index (χ1) is 17.7. The number of carbonyl (C=O) groups excluding carboxylic acids is 2. The second-order valence-corrected chi connectivity index (χ2v) is 10.0. The number of amides is 2. The molecule has 0 saturated carbocycles. The molecule has 1 aromatic heterocycles. The van der Waals surface area contributed by atoms with Crippen molar-refractivity contribution >= 4 is 29.4 Å². The number of nitrogens with one attached hydrogen (secondary N) is 1. The minimum Gasteiger partial charge on any atom is -0.381 e. The molecule has 1 aromatic carbocycles. The lowest BCUT2D eigenvalue weighted by atomic mass is 10.0. The van der Waals surface area contributed by atoms with Gasteiger partial charge in [0.15, 0.2) is 0 Å². The number of aromatic nitrogens is 2. The SMILES string of the molecule is O=C1c2cc(-c3nc(NC4CCOCC4)ncc3Cl)ccc2CN1CC(=O)N1CCCC[C@H]1C(F)(F)F. The lowest BCUT2D eigenvalue weighted by Gasteiger charge is -2.37. The van der Waals surface area contributed by atoms with Crippen LogP contribution < -0.4 is 5.32 Å². The molecule has 4 heterocycles. The molecule has 0 aliphatic carbocycles. The number of carbonyl (C=O) groups is 2. The number of alkyl halides is 3. The van der Waals surface area contributed by atoms with Crippen molar-refractivity contribution in [1.29, 1.82) is 0 Å². The quantitative estimate of drug-likeness (QED) is 0.612. The topological polar surface area (TPSA) is 87.7 Å². The maximum Gasteiger partial charge on any atom is 0.408 e. The first-order valence-corrected chi connectivity index (χ1v) is 12.7. The Balaban J connectivity index is 1.31. The van der Waals surface area contributed by atoms with Crippen LogP contribution in [0.2, 0.25) is 5.02 Å². The Morgan fingerprint density at radius 3 is 2.73 bits per heavy atom. The van der Waals surface area contributed by atoms with Crippen molar-refractivity contribution in [3.05, 3.63) is 40.5 Å². The molecule has 37 heavy (non-hydrogen) atoms. The molecule has 5 rings (SSSR count). The van der Waals surface area contributed by atoms with Crippen LogP contribution in [0.25, 0.3) is 11.3 Å². The van der Waals surface area contributed by atoms with Gasteiger partial charge in [0.1, 0.15) is 12.6 Å². The summed E-state index contributed by atoms with van der Waals surface area (Å²) in [6, 6.07) is 3.59. The van der Waals surface area contributed by atoms with Crippen LogP contribution in [0.15, 0.2) is 24.4 Å². The number of hydrogen-bond acceptors (Lipinski definition) is 6. The fraction of sp³-hybridized carbons (Fsp3) is 0.520. The smallest absolute Gasteiger partial charge is 0.381 e. The molecule has 2 fully saturated rings. The zero-order chi connectivity index (χ0) is 26.2. The van der Waals surface area contributed by atoms with Crippen LogP contribution in [0.4, 0.5) is 19.1 Å². The normalized spacial score (nSPS) is 20.8. The van der Waals surface area contributed by atoms with E-state index in [4.69, 9.17) is 16.3 Å². The number of halogens is 4. The number of rotatable bonds is 5. The largest absolute Gasteiger partial charge is 0.408 e. The monoisotopic (exact) mass is 537 g/mol. The molecule has 0 radical (unpaired) electrons. The van der Waals surface area contributed by atoms with Gasteiger partial charge >= 0.3 is 6.18 Å². The third-order valence-electron chi connectivity index (χ3n) is 7.09. The van der Waals surface area contributed by atoms with Crippen LogP contribution in [0.3, 0.4) is 0 Å². The Kier molecular flexibility index (Phi) is 7.26. The van der Waals surface area contributed by atoms with Gasteiger partial charge in [-0.1, -0.05) is 23.7 Å². The summed E-state index contributed by atoms with van der Waals surface area (Å²) in [4.78, 5) is 36.9. The summed E-state index contributed by atoms with van der Waals surface area (Å²) in [5.74, 6) is -0.673. The predicted octanol–water partition coefficient (Wildman–Crippen LogP) is 4.29. The van der Waals surface area contributed by atoms with Gasteiger partial charge in [-0.3, -0.25) is 9.59 Å². The Bertz CT molecular complexity index is 1190. The van der Waals surface area contributed by atoms with Gasteiger partial charge in [-0.15, -0.1) is 0 Å². The first kappa shape index (κ1) is 25.7. The molecule has 0 spiro atoms. The van der Waals surface area contributed by atoms with E-state index in [0.717, 1.165) is 17.7 Å².